The number of ether oxygens (including phenoxy) is 1. The number of carbonyl (C=O) groups is 1. The molecule has 0 unspecified atom stereocenters. The third-order valence-electron chi connectivity index (χ3n) is 2.59. The van der Waals surface area contributed by atoms with E-state index < -0.39 is 5.97 Å². The van der Waals surface area contributed by atoms with Crippen molar-refractivity contribution >= 4 is 16.9 Å². The van der Waals surface area contributed by atoms with E-state index in [0.717, 1.165) is 0 Å². The number of aromatic nitrogens is 3. The van der Waals surface area contributed by atoms with Crippen LogP contribution in [0.2, 0.25) is 0 Å². The second kappa shape index (κ2) is 4.83. The van der Waals surface area contributed by atoms with Crippen molar-refractivity contribution in [1.82, 2.24) is 14.9 Å². The first-order valence-electron chi connectivity index (χ1n) is 6.03. The van der Waals surface area contributed by atoms with Gasteiger partial charge in [-0.3, -0.25) is 4.79 Å². The van der Waals surface area contributed by atoms with Crippen molar-refractivity contribution in [3.63, 3.8) is 0 Å². The normalized spacial score (nSPS) is 11.2. The van der Waals surface area contributed by atoms with Gasteiger partial charge in [-0.25, -0.2) is 9.48 Å². The van der Waals surface area contributed by atoms with E-state index >= 15 is 0 Å². The van der Waals surface area contributed by atoms with Gasteiger partial charge < -0.3 is 9.26 Å². The van der Waals surface area contributed by atoms with E-state index in [2.05, 4.69) is 10.3 Å². The van der Waals surface area contributed by atoms with Crippen LogP contribution in [0.4, 0.5) is 0 Å². The maximum atomic E-state index is 12.0. The standard InChI is InChI=1S/C12H15N3O4/c1-5-15-11(16)9-8(7(4)19-14-9)10(13-15)12(17)18-6(2)3/h6H,5H2,1-4H3. The minimum absolute atomic E-state index is 0.0592. The Morgan fingerprint density at radius 2 is 2.16 bits per heavy atom. The van der Waals surface area contributed by atoms with Crippen LogP contribution in [0.25, 0.3) is 10.9 Å². The number of rotatable bonds is 3. The van der Waals surface area contributed by atoms with Gasteiger partial charge in [-0.05, 0) is 27.7 Å². The van der Waals surface area contributed by atoms with Crippen molar-refractivity contribution in [2.45, 2.75) is 40.3 Å². The number of fused-ring (bicyclic) bond motifs is 1. The quantitative estimate of drug-likeness (QED) is 0.777. The highest BCUT2D eigenvalue weighted by atomic mass is 16.5. The van der Waals surface area contributed by atoms with Crippen molar-refractivity contribution < 1.29 is 14.1 Å². The van der Waals surface area contributed by atoms with E-state index in [0.29, 0.717) is 17.7 Å². The summed E-state index contributed by atoms with van der Waals surface area (Å²) in [5, 5.41) is 8.05. The first kappa shape index (κ1) is 13.3. The second-order valence-electron chi connectivity index (χ2n) is 4.39. The molecule has 0 spiro atoms. The maximum Gasteiger partial charge on any atom is 0.359 e. The first-order chi connectivity index (χ1) is 8.95. The summed E-state index contributed by atoms with van der Waals surface area (Å²) >= 11 is 0. The number of hydrogen-bond donors (Lipinski definition) is 0. The van der Waals surface area contributed by atoms with Crippen molar-refractivity contribution in [3.05, 3.63) is 21.8 Å². The van der Waals surface area contributed by atoms with E-state index in [1.807, 2.05) is 0 Å². The molecular formula is C12H15N3O4. The molecule has 7 heteroatoms. The zero-order valence-corrected chi connectivity index (χ0v) is 11.3. The van der Waals surface area contributed by atoms with Crippen LogP contribution in [0.3, 0.4) is 0 Å². The molecule has 0 fully saturated rings. The van der Waals surface area contributed by atoms with Crippen LogP contribution in [0.5, 0.6) is 0 Å². The summed E-state index contributed by atoms with van der Waals surface area (Å²) in [5.41, 5.74) is -0.218. The van der Waals surface area contributed by atoms with Crippen molar-refractivity contribution in [2.24, 2.45) is 0 Å². The van der Waals surface area contributed by atoms with Gasteiger partial charge in [0.05, 0.1) is 11.5 Å². The zero-order valence-electron chi connectivity index (χ0n) is 11.3. The van der Waals surface area contributed by atoms with E-state index in [-0.39, 0.29) is 22.9 Å². The highest BCUT2D eigenvalue weighted by molar-refractivity contribution is 6.01. The summed E-state index contributed by atoms with van der Waals surface area (Å²) in [7, 11) is 0. The van der Waals surface area contributed by atoms with Gasteiger partial charge in [0, 0.05) is 6.54 Å². The largest absolute Gasteiger partial charge is 0.458 e. The first-order valence-corrected chi connectivity index (χ1v) is 6.03. The molecule has 0 N–H and O–H groups in total. The zero-order chi connectivity index (χ0) is 14.2. The Morgan fingerprint density at radius 3 is 2.74 bits per heavy atom. The van der Waals surface area contributed by atoms with Crippen LogP contribution in [0, 0.1) is 6.92 Å². The molecule has 0 bridgehead atoms. The Labute approximate surface area is 109 Å². The number of aryl methyl sites for hydroxylation is 2. The summed E-state index contributed by atoms with van der Waals surface area (Å²) in [5.74, 6) is -0.216. The molecular weight excluding hydrogens is 250 g/mol. The van der Waals surface area contributed by atoms with E-state index in [1.165, 1.54) is 4.68 Å². The highest BCUT2D eigenvalue weighted by Crippen LogP contribution is 2.18. The Morgan fingerprint density at radius 1 is 1.47 bits per heavy atom. The molecule has 2 rings (SSSR count). The molecule has 0 radical (unpaired) electrons. The molecule has 0 saturated carbocycles. The van der Waals surface area contributed by atoms with E-state index in [4.69, 9.17) is 9.26 Å². The molecule has 2 heterocycles. The van der Waals surface area contributed by atoms with Crippen LogP contribution in [0.15, 0.2) is 9.32 Å². The second-order valence-corrected chi connectivity index (χ2v) is 4.39. The lowest BCUT2D eigenvalue weighted by molar-refractivity contribution is 0.0370. The van der Waals surface area contributed by atoms with Crippen LogP contribution < -0.4 is 5.56 Å². The molecule has 2 aromatic rings. The van der Waals surface area contributed by atoms with Gasteiger partial charge in [-0.2, -0.15) is 5.10 Å². The topological polar surface area (TPSA) is 87.2 Å². The summed E-state index contributed by atoms with van der Waals surface area (Å²) < 4.78 is 11.3. The molecule has 0 aliphatic rings. The SMILES string of the molecule is CCn1nc(C(=O)OC(C)C)c2c(C)onc2c1=O. The van der Waals surface area contributed by atoms with Crippen LogP contribution >= 0.6 is 0 Å². The molecule has 0 aliphatic carbocycles. The smallest absolute Gasteiger partial charge is 0.359 e. The minimum atomic E-state index is -0.589. The maximum absolute atomic E-state index is 12.0. The van der Waals surface area contributed by atoms with E-state index in [9.17, 15) is 9.59 Å². The van der Waals surface area contributed by atoms with Gasteiger partial charge >= 0.3 is 5.97 Å². The number of hydrogen-bond acceptors (Lipinski definition) is 6. The van der Waals surface area contributed by atoms with Gasteiger partial charge in [0.1, 0.15) is 5.76 Å². The number of esters is 1. The Balaban J connectivity index is 2.72. The molecule has 7 nitrogen and oxygen atoms in total. The lowest BCUT2D eigenvalue weighted by Gasteiger charge is -2.09. The summed E-state index contributed by atoms with van der Waals surface area (Å²) in [6.45, 7) is 7.20. The fraction of sp³-hybridized carbons (Fsp3) is 0.500. The molecule has 102 valence electrons. The van der Waals surface area contributed by atoms with Crippen molar-refractivity contribution in [2.75, 3.05) is 0 Å². The Hall–Kier alpha value is -2.18. The highest BCUT2D eigenvalue weighted by Gasteiger charge is 2.23. The van der Waals surface area contributed by atoms with Crippen LogP contribution in [-0.2, 0) is 11.3 Å². The summed E-state index contributed by atoms with van der Waals surface area (Å²) in [4.78, 5) is 24.0. The van der Waals surface area contributed by atoms with Gasteiger partial charge in [0.25, 0.3) is 5.56 Å². The Bertz CT molecular complexity index is 684. The third kappa shape index (κ3) is 2.23. The number of nitrogens with zero attached hydrogens (tertiary/aromatic N) is 3. The van der Waals surface area contributed by atoms with Gasteiger partial charge in [0.15, 0.2) is 11.2 Å². The summed E-state index contributed by atoms with van der Waals surface area (Å²) in [6, 6.07) is 0. The predicted octanol–water partition coefficient (Wildman–Crippen LogP) is 1.28. The van der Waals surface area contributed by atoms with E-state index in [1.54, 1.807) is 27.7 Å². The molecule has 0 amide bonds. The van der Waals surface area contributed by atoms with Gasteiger partial charge in [-0.1, -0.05) is 5.16 Å². The Kier molecular flexibility index (Phi) is 3.37. The average Bonchev–Trinajstić information content (AvgIpc) is 2.72. The number of carbonyl (C=O) groups excluding carboxylic acids is 1. The molecule has 0 aromatic carbocycles. The monoisotopic (exact) mass is 265 g/mol. The lowest BCUT2D eigenvalue weighted by atomic mass is 10.2. The molecule has 2 aromatic heterocycles. The fourth-order valence-corrected chi connectivity index (χ4v) is 1.76. The van der Waals surface area contributed by atoms with Gasteiger partial charge in [-0.15, -0.1) is 0 Å². The van der Waals surface area contributed by atoms with Crippen molar-refractivity contribution in [1.29, 1.82) is 0 Å². The third-order valence-corrected chi connectivity index (χ3v) is 2.59. The predicted molar refractivity (Wildman–Crippen MR) is 67.0 cm³/mol. The van der Waals surface area contributed by atoms with Gasteiger partial charge in [0.2, 0.25) is 0 Å². The molecule has 0 atom stereocenters. The lowest BCUT2D eigenvalue weighted by Crippen LogP contribution is -2.26. The fourth-order valence-electron chi connectivity index (χ4n) is 1.76. The molecule has 19 heavy (non-hydrogen) atoms. The van der Waals surface area contributed by atoms with Crippen LogP contribution in [-0.4, -0.2) is 27.0 Å². The van der Waals surface area contributed by atoms with Crippen molar-refractivity contribution in [3.8, 4) is 0 Å². The van der Waals surface area contributed by atoms with Crippen LogP contribution in [0.1, 0.15) is 37.0 Å². The minimum Gasteiger partial charge on any atom is -0.458 e. The average molecular weight is 265 g/mol. The molecule has 0 saturated heterocycles. The summed E-state index contributed by atoms with van der Waals surface area (Å²) in [6.07, 6.45) is -0.272. The molecule has 0 aliphatic heterocycles.